The maximum absolute atomic E-state index is 13.8. The van der Waals surface area contributed by atoms with E-state index in [1.54, 1.807) is 11.3 Å². The lowest BCUT2D eigenvalue weighted by Crippen LogP contribution is -2.65. The molecule has 0 radical (unpaired) electrons. The molecule has 4 aromatic rings. The third-order valence-electron chi connectivity index (χ3n) is 7.73. The second-order valence-electron chi connectivity index (χ2n) is 9.97. The first-order valence-electron chi connectivity index (χ1n) is 12.5. The lowest BCUT2D eigenvalue weighted by molar-refractivity contribution is -0.938. The van der Waals surface area contributed by atoms with Crippen LogP contribution in [0, 0.1) is 5.92 Å². The Morgan fingerprint density at radius 2 is 1.75 bits per heavy atom. The lowest BCUT2D eigenvalue weighted by Gasteiger charge is -2.51. The number of rotatable bonds is 8. The van der Waals surface area contributed by atoms with Gasteiger partial charge in [0.1, 0.15) is 13.1 Å². The molecule has 0 unspecified atom stereocenters. The fourth-order valence-corrected chi connectivity index (χ4v) is 7.44. The Morgan fingerprint density at radius 1 is 0.972 bits per heavy atom. The molecule has 7 heteroatoms. The van der Waals surface area contributed by atoms with Gasteiger partial charge in [-0.2, -0.15) is 0 Å². The zero-order valence-corrected chi connectivity index (χ0v) is 21.6. The standard InChI is InChI=1S/C29H29N2O3S2/c32-24(27-11-6-16-35-27)17-31-14-12-20(13-15-31)25(18-31)34-29(33)28(30-21-7-2-1-3-8-21)23-19-36-26-10-5-4-9-22(23)26/h1-11,16,19-20,25,28,30H,12-15,17-18H2/q+1/t20?,25-,28+,31?/m0/s1. The first-order chi connectivity index (χ1) is 17.6. The van der Waals surface area contributed by atoms with Crippen LogP contribution in [0.3, 0.4) is 0 Å². The highest BCUT2D eigenvalue weighted by Gasteiger charge is 2.49. The molecule has 5 heterocycles. The van der Waals surface area contributed by atoms with Crippen molar-refractivity contribution in [3.63, 3.8) is 0 Å². The van der Waals surface area contributed by atoms with Crippen molar-refractivity contribution in [2.45, 2.75) is 25.0 Å². The number of Topliss-reactive ketones (excluding diaryl/α,β-unsaturated/α-hetero) is 1. The maximum atomic E-state index is 13.8. The molecular formula is C29H29N2O3S2+. The summed E-state index contributed by atoms with van der Waals surface area (Å²) >= 11 is 3.15. The molecule has 184 valence electrons. The maximum Gasteiger partial charge on any atom is 0.333 e. The number of hydrogen-bond donors (Lipinski definition) is 1. The van der Waals surface area contributed by atoms with E-state index in [4.69, 9.17) is 4.74 Å². The number of thiophene rings is 2. The summed E-state index contributed by atoms with van der Waals surface area (Å²) in [6, 6.07) is 21.3. The number of nitrogens with one attached hydrogen (secondary N) is 1. The molecule has 0 aliphatic carbocycles. The molecule has 0 amide bonds. The van der Waals surface area contributed by atoms with E-state index in [9.17, 15) is 9.59 Å². The predicted octanol–water partition coefficient (Wildman–Crippen LogP) is 6.15. The first-order valence-corrected chi connectivity index (χ1v) is 14.3. The molecule has 36 heavy (non-hydrogen) atoms. The highest BCUT2D eigenvalue weighted by Crippen LogP contribution is 2.38. The van der Waals surface area contributed by atoms with Crippen molar-refractivity contribution in [3.8, 4) is 0 Å². The molecule has 0 saturated carbocycles. The van der Waals surface area contributed by atoms with E-state index < -0.39 is 6.04 Å². The summed E-state index contributed by atoms with van der Waals surface area (Å²) in [5.74, 6) is 0.315. The molecule has 1 N–H and O–H groups in total. The fraction of sp³-hybridized carbons (Fsp3) is 0.310. The molecule has 7 rings (SSSR count). The van der Waals surface area contributed by atoms with Crippen molar-refractivity contribution in [2.24, 2.45) is 5.92 Å². The Kier molecular flexibility index (Phi) is 6.37. The number of piperidine rings is 3. The summed E-state index contributed by atoms with van der Waals surface area (Å²) in [6.07, 6.45) is 1.82. The number of para-hydroxylation sites is 1. The lowest BCUT2D eigenvalue weighted by atomic mass is 9.83. The molecule has 0 spiro atoms. The van der Waals surface area contributed by atoms with Crippen LogP contribution in [-0.2, 0) is 9.53 Å². The molecule has 2 aromatic carbocycles. The number of carbonyl (C=O) groups is 2. The smallest absolute Gasteiger partial charge is 0.333 e. The van der Waals surface area contributed by atoms with Crippen molar-refractivity contribution in [1.82, 2.24) is 0 Å². The number of ketones is 1. The van der Waals surface area contributed by atoms with Crippen molar-refractivity contribution in [1.29, 1.82) is 0 Å². The largest absolute Gasteiger partial charge is 0.454 e. The SMILES string of the molecule is O=C(C[N+]12CCC(CC1)[C@@H](OC(=O)[C@H](Nc1ccccc1)c1csc3ccccc13)C2)c1cccs1. The number of quaternary nitrogens is 1. The van der Waals surface area contributed by atoms with Gasteiger partial charge in [-0.05, 0) is 40.4 Å². The van der Waals surface area contributed by atoms with Crippen LogP contribution in [0.4, 0.5) is 5.69 Å². The molecule has 3 aliphatic rings. The van der Waals surface area contributed by atoms with Gasteiger partial charge in [-0.25, -0.2) is 4.79 Å². The molecular weight excluding hydrogens is 488 g/mol. The van der Waals surface area contributed by atoms with Crippen molar-refractivity contribution >= 4 is 50.2 Å². The predicted molar refractivity (Wildman–Crippen MR) is 146 cm³/mol. The normalized spacial score (nSPS) is 23.9. The summed E-state index contributed by atoms with van der Waals surface area (Å²) in [5.41, 5.74) is 1.83. The molecule has 5 nitrogen and oxygen atoms in total. The minimum atomic E-state index is -0.597. The van der Waals surface area contributed by atoms with Gasteiger partial charge < -0.3 is 14.5 Å². The quantitative estimate of drug-likeness (QED) is 0.173. The van der Waals surface area contributed by atoms with Gasteiger partial charge in [-0.1, -0.05) is 42.5 Å². The Hall–Kier alpha value is -3.00. The van der Waals surface area contributed by atoms with E-state index >= 15 is 0 Å². The third kappa shape index (κ3) is 4.59. The number of esters is 1. The van der Waals surface area contributed by atoms with Crippen LogP contribution in [0.1, 0.15) is 34.1 Å². The number of anilines is 1. The summed E-state index contributed by atoms with van der Waals surface area (Å²) in [4.78, 5) is 27.6. The van der Waals surface area contributed by atoms with Gasteiger partial charge in [0.15, 0.2) is 12.1 Å². The van der Waals surface area contributed by atoms with Gasteiger partial charge >= 0.3 is 5.97 Å². The Balaban J connectivity index is 1.24. The number of benzene rings is 2. The van der Waals surface area contributed by atoms with Gasteiger partial charge in [0.2, 0.25) is 5.78 Å². The van der Waals surface area contributed by atoms with Crippen LogP contribution in [0.15, 0.2) is 77.5 Å². The van der Waals surface area contributed by atoms with Crippen LogP contribution in [0.25, 0.3) is 10.1 Å². The number of fused-ring (bicyclic) bond motifs is 4. The zero-order chi connectivity index (χ0) is 24.5. The van der Waals surface area contributed by atoms with Crippen LogP contribution in [0.2, 0.25) is 0 Å². The van der Waals surface area contributed by atoms with Crippen LogP contribution in [-0.4, -0.2) is 48.5 Å². The van der Waals surface area contributed by atoms with E-state index in [-0.39, 0.29) is 17.9 Å². The van der Waals surface area contributed by atoms with E-state index in [1.165, 1.54) is 11.3 Å². The second kappa shape index (κ2) is 9.81. The van der Waals surface area contributed by atoms with Gasteiger partial charge in [0.05, 0.1) is 18.0 Å². The summed E-state index contributed by atoms with van der Waals surface area (Å²) < 4.78 is 8.19. The zero-order valence-electron chi connectivity index (χ0n) is 20.0. The molecule has 2 aromatic heterocycles. The summed E-state index contributed by atoms with van der Waals surface area (Å²) in [6.45, 7) is 3.17. The van der Waals surface area contributed by atoms with Crippen molar-refractivity contribution < 1.29 is 18.8 Å². The summed E-state index contributed by atoms with van der Waals surface area (Å²) in [5, 5.41) is 8.54. The highest BCUT2D eigenvalue weighted by molar-refractivity contribution is 7.17. The average Bonchev–Trinajstić information content (AvgIpc) is 3.59. The van der Waals surface area contributed by atoms with E-state index in [2.05, 4.69) is 22.8 Å². The number of hydrogen-bond acceptors (Lipinski definition) is 6. The Labute approximate surface area is 218 Å². The molecule has 3 aliphatic heterocycles. The topological polar surface area (TPSA) is 55.4 Å². The Morgan fingerprint density at radius 3 is 2.53 bits per heavy atom. The fourth-order valence-electron chi connectivity index (χ4n) is 5.80. The van der Waals surface area contributed by atoms with Crippen LogP contribution in [0.5, 0.6) is 0 Å². The number of nitrogens with zero attached hydrogens (tertiary/aromatic N) is 1. The van der Waals surface area contributed by atoms with Crippen LogP contribution >= 0.6 is 22.7 Å². The van der Waals surface area contributed by atoms with Gasteiger partial charge in [-0.3, -0.25) is 4.79 Å². The second-order valence-corrected chi connectivity index (χ2v) is 11.8. The van der Waals surface area contributed by atoms with Crippen molar-refractivity contribution in [3.05, 3.63) is 87.9 Å². The highest BCUT2D eigenvalue weighted by atomic mass is 32.1. The van der Waals surface area contributed by atoms with Crippen molar-refractivity contribution in [2.75, 3.05) is 31.5 Å². The molecule has 2 bridgehead atoms. The van der Waals surface area contributed by atoms with Gasteiger partial charge in [-0.15, -0.1) is 22.7 Å². The average molecular weight is 518 g/mol. The molecule has 3 fully saturated rings. The molecule has 3 saturated heterocycles. The Bertz CT molecular complexity index is 1360. The molecule has 2 atom stereocenters. The number of carbonyl (C=O) groups excluding carboxylic acids is 2. The summed E-state index contributed by atoms with van der Waals surface area (Å²) in [7, 11) is 0. The van der Waals surface area contributed by atoms with E-state index in [0.717, 1.165) is 63.2 Å². The minimum absolute atomic E-state index is 0.166. The van der Waals surface area contributed by atoms with E-state index in [0.29, 0.717) is 12.5 Å². The van der Waals surface area contributed by atoms with Gasteiger partial charge in [0, 0.05) is 34.7 Å². The van der Waals surface area contributed by atoms with E-state index in [1.807, 2.05) is 60.0 Å². The monoisotopic (exact) mass is 517 g/mol. The van der Waals surface area contributed by atoms with Crippen LogP contribution < -0.4 is 5.32 Å². The van der Waals surface area contributed by atoms with Gasteiger partial charge in [0.25, 0.3) is 0 Å². The third-order valence-corrected chi connectivity index (χ3v) is 9.62. The minimum Gasteiger partial charge on any atom is -0.454 e. The first kappa shape index (κ1) is 23.4. The number of ether oxygens (including phenoxy) is 1.